The van der Waals surface area contributed by atoms with Crippen LogP contribution in [0.4, 0.5) is 0 Å². The fourth-order valence-electron chi connectivity index (χ4n) is 11.4. The summed E-state index contributed by atoms with van der Waals surface area (Å²) in [6, 6.07) is 0. The summed E-state index contributed by atoms with van der Waals surface area (Å²) in [5.74, 6) is -2.15. The number of allylic oxidation sites excluding steroid dienone is 3. The van der Waals surface area contributed by atoms with E-state index in [0.29, 0.717) is 25.7 Å². The maximum Gasteiger partial charge on any atom is 0.474 e. The van der Waals surface area contributed by atoms with Gasteiger partial charge in [-0.3, -0.25) is 32.7 Å². The molecule has 0 aromatic carbocycles. The normalized spacial score (nSPS) is 27.4. The van der Waals surface area contributed by atoms with Crippen molar-refractivity contribution in [3.63, 3.8) is 0 Å². The Morgan fingerprint density at radius 3 is 1.59 bits per heavy atom. The summed E-state index contributed by atoms with van der Waals surface area (Å²) in [5.41, 5.74) is 0. The quantitative estimate of drug-likeness (QED) is 0.0128. The number of carbonyl (C=O) groups excluding carboxylic acids is 4. The van der Waals surface area contributed by atoms with E-state index in [4.69, 9.17) is 51.5 Å². The largest absolute Gasteiger partial charge is 0.474 e. The van der Waals surface area contributed by atoms with Gasteiger partial charge < -0.3 is 94.5 Å². The molecule has 0 bridgehead atoms. The van der Waals surface area contributed by atoms with Gasteiger partial charge in [0.2, 0.25) is 11.8 Å². The average molecular weight is 1410 g/mol. The van der Waals surface area contributed by atoms with Crippen molar-refractivity contribution in [3.05, 3.63) is 24.3 Å². The predicted octanol–water partition coefficient (Wildman–Crippen LogP) is 6.84. The second-order valence-corrected chi connectivity index (χ2v) is 27.5. The fraction of sp³-hybridized carbons (Fsp3) is 0.884. The van der Waals surface area contributed by atoms with Crippen LogP contribution in [0.1, 0.15) is 227 Å². The molecule has 0 aliphatic carbocycles. The Bertz CT molecular complexity index is 2190. The number of phosphoric acid groups is 1. The number of esters is 2. The maximum absolute atomic E-state index is 13.7. The molecule has 97 heavy (non-hydrogen) atoms. The van der Waals surface area contributed by atoms with Crippen LogP contribution >= 0.6 is 7.82 Å². The highest BCUT2D eigenvalue weighted by Crippen LogP contribution is 2.48. The first-order chi connectivity index (χ1) is 46.8. The molecule has 0 radical (unpaired) electrons. The molecule has 11 N–H and O–H groups in total. The van der Waals surface area contributed by atoms with Gasteiger partial charge in [0.15, 0.2) is 25.0 Å². The number of amides is 2. The average Bonchev–Trinajstić information content (AvgIpc) is 0.780. The van der Waals surface area contributed by atoms with E-state index in [0.717, 1.165) is 90.6 Å². The Hall–Kier alpha value is -3.13. The number of ether oxygens (including phenoxy) is 8. The molecule has 3 rings (SSSR count). The van der Waals surface area contributed by atoms with E-state index < -0.39 is 144 Å². The van der Waals surface area contributed by atoms with E-state index in [2.05, 4.69) is 49.6 Å². The lowest BCUT2D eigenvalue weighted by molar-refractivity contribution is -0.390. The zero-order valence-corrected chi connectivity index (χ0v) is 59.6. The Morgan fingerprint density at radius 2 is 1.00 bits per heavy atom. The highest BCUT2D eigenvalue weighted by molar-refractivity contribution is 7.48. The fourth-order valence-corrected chi connectivity index (χ4v) is 12.3. The predicted molar refractivity (Wildman–Crippen MR) is 359 cm³/mol. The summed E-state index contributed by atoms with van der Waals surface area (Å²) in [4.78, 5) is 52.5. The van der Waals surface area contributed by atoms with Gasteiger partial charge in [0.1, 0.15) is 73.8 Å². The van der Waals surface area contributed by atoms with Gasteiger partial charge in [0.05, 0.1) is 45.1 Å². The minimum Gasteiger partial charge on any atom is -0.461 e. The van der Waals surface area contributed by atoms with Gasteiger partial charge in [0, 0.05) is 39.5 Å². The first-order valence-electron chi connectivity index (χ1n) is 36.3. The SMILES string of the molecule is CCCCCCCC/C=C\C(CCCCCC)C(=O)OC[C@H](COP(=O)(OC)OCCNC(=O)CCCCC(=O)NCCCO[C@@H]1OC(CO)[C@H](O)[C@H](O[C@H]2OC(CO)[C@H](O)[C@H](O)C2O)C1O[C@@H]1OC(C)[C@@H](O)[C@H](O)C1O)OC(=O)CCCCCCC/C=C/CCCCCCCC. The number of aliphatic hydroxyl groups is 9. The van der Waals surface area contributed by atoms with Crippen LogP contribution in [-0.2, 0) is 75.2 Å². The minimum absolute atomic E-state index is 0.0491. The Balaban J connectivity index is 1.48. The second kappa shape index (κ2) is 52.8. The molecule has 3 saturated heterocycles. The summed E-state index contributed by atoms with van der Waals surface area (Å²) in [7, 11) is -3.14. The standard InChI is InChI=1S/C69H125N2O25P/c1-6-9-12-15-17-19-20-21-22-23-24-25-27-29-32-40-56(76)92-51(47-88-66(84)50(36-30-14-11-8-3)37-31-28-26-18-16-13-10-7-2)48-90-97(85,86-5)89-44-42-71-55(75)39-34-33-38-54(74)70-41-35-43-87-69-65(96-67-62(82)60(80)57(77)49(4)91-67)64(59(79)53(46-73)94-69)95-68-63(83)61(81)58(78)52(45-72)93-68/h21-22,31,37,49-53,57-65,67-69,72-73,77-83H,6-20,23-30,32-36,38-48H2,1-5H3,(H,70,74)(H,71,75)/b22-21+,37-31-/t49?,50?,51-,52?,53?,57-,58+,59+,60+,61+,62?,63?,64+,65?,67+,68-,69-,97?/m1/s1. The number of unbranched alkanes of at least 4 members (excludes halogenated alkanes) is 21. The molecule has 3 heterocycles. The van der Waals surface area contributed by atoms with Crippen molar-refractivity contribution in [2.45, 2.75) is 325 Å². The van der Waals surface area contributed by atoms with Crippen LogP contribution in [0.25, 0.3) is 0 Å². The van der Waals surface area contributed by atoms with Gasteiger partial charge >= 0.3 is 19.8 Å². The lowest BCUT2D eigenvalue weighted by atomic mass is 9.96. The van der Waals surface area contributed by atoms with Crippen LogP contribution in [0, 0.1) is 5.92 Å². The van der Waals surface area contributed by atoms with Crippen molar-refractivity contribution < 1.29 is 121 Å². The van der Waals surface area contributed by atoms with E-state index in [1.807, 2.05) is 6.08 Å². The summed E-state index contributed by atoms with van der Waals surface area (Å²) in [6.07, 6.45) is 10.7. The molecule has 0 saturated carbocycles. The van der Waals surface area contributed by atoms with Gasteiger partial charge in [-0.25, -0.2) is 4.57 Å². The number of aliphatic hydroxyl groups excluding tert-OH is 9. The zero-order chi connectivity index (χ0) is 71.2. The van der Waals surface area contributed by atoms with Crippen LogP contribution in [0.2, 0.25) is 0 Å². The molecular formula is C69H125N2O25P. The first-order valence-corrected chi connectivity index (χ1v) is 37.8. The summed E-state index contributed by atoms with van der Waals surface area (Å²) < 4.78 is 76.4. The zero-order valence-electron chi connectivity index (χ0n) is 58.7. The van der Waals surface area contributed by atoms with Crippen LogP contribution < -0.4 is 10.6 Å². The van der Waals surface area contributed by atoms with Crippen molar-refractivity contribution in [1.29, 1.82) is 0 Å². The summed E-state index contributed by atoms with van der Waals surface area (Å²) in [6.45, 7) is 5.11. The van der Waals surface area contributed by atoms with E-state index in [1.165, 1.54) is 71.1 Å². The van der Waals surface area contributed by atoms with Crippen molar-refractivity contribution in [2.75, 3.05) is 59.8 Å². The van der Waals surface area contributed by atoms with Crippen molar-refractivity contribution in [1.82, 2.24) is 10.6 Å². The van der Waals surface area contributed by atoms with E-state index >= 15 is 0 Å². The summed E-state index contributed by atoms with van der Waals surface area (Å²) in [5, 5.41) is 99.8. The highest BCUT2D eigenvalue weighted by Gasteiger charge is 2.54. The molecule has 0 aromatic rings. The van der Waals surface area contributed by atoms with Crippen LogP contribution in [0.5, 0.6) is 0 Å². The Kier molecular flexibility index (Phi) is 47.9. The molecule has 27 nitrogen and oxygen atoms in total. The van der Waals surface area contributed by atoms with Gasteiger partial charge in [-0.15, -0.1) is 0 Å². The molecule has 28 heteroatoms. The first kappa shape index (κ1) is 88.1. The third-order valence-electron chi connectivity index (χ3n) is 17.5. The minimum atomic E-state index is -4.27. The molecular weight excluding hydrogens is 1290 g/mol. The van der Waals surface area contributed by atoms with Crippen LogP contribution in [0.15, 0.2) is 24.3 Å². The molecule has 0 spiro atoms. The smallest absolute Gasteiger partial charge is 0.461 e. The van der Waals surface area contributed by atoms with Crippen molar-refractivity contribution >= 4 is 31.6 Å². The number of phosphoric ester groups is 1. The van der Waals surface area contributed by atoms with Crippen molar-refractivity contribution in [3.8, 4) is 0 Å². The monoisotopic (exact) mass is 1410 g/mol. The number of nitrogens with one attached hydrogen (secondary N) is 2. The lowest BCUT2D eigenvalue weighted by Gasteiger charge is -2.48. The second-order valence-electron chi connectivity index (χ2n) is 25.7. The molecule has 3 fully saturated rings. The van der Waals surface area contributed by atoms with Crippen LogP contribution in [0.3, 0.4) is 0 Å². The van der Waals surface area contributed by atoms with Gasteiger partial charge in [0.25, 0.3) is 0 Å². The number of rotatable bonds is 56. The topological polar surface area (TPSA) is 393 Å². The van der Waals surface area contributed by atoms with E-state index in [9.17, 15) is 69.7 Å². The molecule has 3 aliphatic rings. The number of hydrogen-bond donors (Lipinski definition) is 11. The molecule has 566 valence electrons. The molecule has 0 aromatic heterocycles. The van der Waals surface area contributed by atoms with Crippen molar-refractivity contribution in [2.24, 2.45) is 5.92 Å². The summed E-state index contributed by atoms with van der Waals surface area (Å²) >= 11 is 0. The molecule has 18 atom stereocenters. The highest BCUT2D eigenvalue weighted by atomic mass is 31.2. The van der Waals surface area contributed by atoms with E-state index in [-0.39, 0.29) is 70.4 Å². The maximum atomic E-state index is 13.7. The van der Waals surface area contributed by atoms with Gasteiger partial charge in [-0.1, -0.05) is 154 Å². The number of hydrogen-bond acceptors (Lipinski definition) is 25. The molecule has 8 unspecified atom stereocenters. The Morgan fingerprint density at radius 1 is 0.505 bits per heavy atom. The Labute approximate surface area is 576 Å². The van der Waals surface area contributed by atoms with Gasteiger partial charge in [-0.2, -0.15) is 0 Å². The van der Waals surface area contributed by atoms with Gasteiger partial charge in [-0.05, 0) is 77.6 Å². The molecule has 3 aliphatic heterocycles. The third-order valence-corrected chi connectivity index (χ3v) is 18.9. The van der Waals surface area contributed by atoms with E-state index in [1.54, 1.807) is 0 Å². The number of carbonyl (C=O) groups is 4. The van der Waals surface area contributed by atoms with Crippen LogP contribution in [-0.4, -0.2) is 228 Å². The molecule has 2 amide bonds. The lowest BCUT2D eigenvalue weighted by Crippen LogP contribution is -2.67. The third kappa shape index (κ3) is 35.6.